The monoisotopic (exact) mass is 259 g/mol. The predicted molar refractivity (Wildman–Crippen MR) is 77.9 cm³/mol. The van der Waals surface area contributed by atoms with Crippen LogP contribution in [-0.2, 0) is 6.54 Å². The van der Waals surface area contributed by atoms with E-state index in [2.05, 4.69) is 40.8 Å². The Kier molecular flexibility index (Phi) is 3.85. The van der Waals surface area contributed by atoms with Crippen molar-refractivity contribution >= 4 is 0 Å². The number of pyridine rings is 1. The lowest BCUT2D eigenvalue weighted by Crippen LogP contribution is -2.37. The molecule has 0 spiro atoms. The summed E-state index contributed by atoms with van der Waals surface area (Å²) in [6, 6.07) is 7.80. The first-order valence-corrected chi connectivity index (χ1v) is 7.62. The Bertz CT molecular complexity index is 404. The number of rotatable bonds is 4. The fourth-order valence-corrected chi connectivity index (χ4v) is 3.76. The highest BCUT2D eigenvalue weighted by atomic mass is 15.3. The molecule has 2 aliphatic rings. The van der Waals surface area contributed by atoms with Gasteiger partial charge in [-0.1, -0.05) is 19.9 Å². The summed E-state index contributed by atoms with van der Waals surface area (Å²) in [6.07, 6.45) is 4.58. The molecule has 0 amide bonds. The van der Waals surface area contributed by atoms with Crippen LogP contribution in [0.25, 0.3) is 0 Å². The molecular formula is C16H25N3. The maximum Gasteiger partial charge on any atom is 0.0544 e. The van der Waals surface area contributed by atoms with E-state index in [-0.39, 0.29) is 0 Å². The van der Waals surface area contributed by atoms with E-state index >= 15 is 0 Å². The lowest BCUT2D eigenvalue weighted by molar-refractivity contribution is 0.202. The zero-order valence-corrected chi connectivity index (χ0v) is 12.1. The molecule has 0 unspecified atom stereocenters. The van der Waals surface area contributed by atoms with E-state index < -0.39 is 0 Å². The van der Waals surface area contributed by atoms with Gasteiger partial charge in [0.2, 0.25) is 0 Å². The van der Waals surface area contributed by atoms with Gasteiger partial charge in [0.15, 0.2) is 0 Å². The van der Waals surface area contributed by atoms with Crippen LogP contribution in [0.2, 0.25) is 0 Å². The van der Waals surface area contributed by atoms with Crippen molar-refractivity contribution in [3.8, 4) is 0 Å². The summed E-state index contributed by atoms with van der Waals surface area (Å²) in [5.41, 5.74) is 1.21. The summed E-state index contributed by atoms with van der Waals surface area (Å²) in [4.78, 5) is 9.83. The molecule has 0 radical (unpaired) electrons. The highest BCUT2D eigenvalue weighted by Crippen LogP contribution is 2.32. The minimum atomic E-state index is 0.765. The third-order valence-corrected chi connectivity index (χ3v) is 4.50. The Labute approximate surface area is 116 Å². The summed E-state index contributed by atoms with van der Waals surface area (Å²) < 4.78 is 0. The summed E-state index contributed by atoms with van der Waals surface area (Å²) in [6.45, 7) is 9.46. The van der Waals surface area contributed by atoms with Crippen molar-refractivity contribution < 1.29 is 0 Å². The number of nitrogens with zero attached hydrogens (tertiary/aromatic N) is 3. The summed E-state index contributed by atoms with van der Waals surface area (Å²) in [5, 5.41) is 0. The number of fused-ring (bicyclic) bond motifs is 1. The normalized spacial score (nSPS) is 28.2. The number of hydrogen-bond acceptors (Lipinski definition) is 3. The molecule has 0 saturated carbocycles. The zero-order chi connectivity index (χ0) is 13.2. The van der Waals surface area contributed by atoms with Gasteiger partial charge >= 0.3 is 0 Å². The minimum absolute atomic E-state index is 0.765. The molecule has 2 fully saturated rings. The third kappa shape index (κ3) is 2.82. The van der Waals surface area contributed by atoms with Crippen molar-refractivity contribution in [3.63, 3.8) is 0 Å². The molecule has 2 aliphatic heterocycles. The van der Waals surface area contributed by atoms with E-state index in [9.17, 15) is 0 Å². The van der Waals surface area contributed by atoms with Crippen molar-refractivity contribution in [1.29, 1.82) is 0 Å². The topological polar surface area (TPSA) is 19.4 Å². The van der Waals surface area contributed by atoms with Crippen molar-refractivity contribution in [1.82, 2.24) is 14.8 Å². The molecule has 3 heterocycles. The van der Waals surface area contributed by atoms with Crippen LogP contribution >= 0.6 is 0 Å². The second-order valence-corrected chi connectivity index (χ2v) is 6.39. The molecule has 3 nitrogen and oxygen atoms in total. The van der Waals surface area contributed by atoms with Crippen molar-refractivity contribution in [2.75, 3.05) is 19.6 Å². The third-order valence-electron chi connectivity index (χ3n) is 4.50. The van der Waals surface area contributed by atoms with Crippen molar-refractivity contribution in [3.05, 3.63) is 30.1 Å². The minimum Gasteiger partial charge on any atom is -0.298 e. The van der Waals surface area contributed by atoms with E-state index in [0.717, 1.165) is 24.5 Å². The van der Waals surface area contributed by atoms with E-state index in [4.69, 9.17) is 0 Å². The molecule has 0 bridgehead atoms. The van der Waals surface area contributed by atoms with E-state index in [0.29, 0.717) is 0 Å². The van der Waals surface area contributed by atoms with Crippen molar-refractivity contribution in [2.24, 2.45) is 5.92 Å². The van der Waals surface area contributed by atoms with Crippen LogP contribution in [0.5, 0.6) is 0 Å². The molecule has 0 aliphatic carbocycles. The first-order chi connectivity index (χ1) is 9.24. The van der Waals surface area contributed by atoms with Gasteiger partial charge in [0, 0.05) is 44.5 Å². The Morgan fingerprint density at radius 3 is 2.58 bits per heavy atom. The van der Waals surface area contributed by atoms with Crippen LogP contribution in [0.15, 0.2) is 24.4 Å². The average Bonchev–Trinajstić information content (AvgIpc) is 2.95. The van der Waals surface area contributed by atoms with Crippen LogP contribution in [0.3, 0.4) is 0 Å². The van der Waals surface area contributed by atoms with Crippen LogP contribution in [0.1, 0.15) is 32.4 Å². The van der Waals surface area contributed by atoms with Crippen LogP contribution in [0.4, 0.5) is 0 Å². The molecule has 0 N–H and O–H groups in total. The summed E-state index contributed by atoms with van der Waals surface area (Å²) >= 11 is 0. The predicted octanol–water partition coefficient (Wildman–Crippen LogP) is 2.39. The van der Waals surface area contributed by atoms with Crippen molar-refractivity contribution in [2.45, 2.75) is 45.3 Å². The Hall–Kier alpha value is -0.930. The Morgan fingerprint density at radius 1 is 1.16 bits per heavy atom. The average molecular weight is 259 g/mol. The Balaban J connectivity index is 1.62. The zero-order valence-electron chi connectivity index (χ0n) is 12.1. The van der Waals surface area contributed by atoms with E-state index in [1.807, 2.05) is 12.3 Å². The van der Waals surface area contributed by atoms with E-state index in [1.54, 1.807) is 0 Å². The van der Waals surface area contributed by atoms with Gasteiger partial charge < -0.3 is 0 Å². The number of aromatic nitrogens is 1. The molecule has 3 rings (SSSR count). The van der Waals surface area contributed by atoms with Crippen LogP contribution in [0, 0.1) is 5.92 Å². The molecule has 3 heteroatoms. The van der Waals surface area contributed by atoms with Gasteiger partial charge in [-0.05, 0) is 30.9 Å². The highest BCUT2D eigenvalue weighted by molar-refractivity contribution is 5.06. The van der Waals surface area contributed by atoms with Gasteiger partial charge in [0.1, 0.15) is 0 Å². The fourth-order valence-electron chi connectivity index (χ4n) is 3.76. The van der Waals surface area contributed by atoms with Gasteiger partial charge in [-0.25, -0.2) is 0 Å². The second kappa shape index (κ2) is 5.59. The van der Waals surface area contributed by atoms with Crippen LogP contribution in [-0.4, -0.2) is 46.5 Å². The molecule has 1 aromatic rings. The van der Waals surface area contributed by atoms with Gasteiger partial charge in [-0.2, -0.15) is 0 Å². The highest BCUT2D eigenvalue weighted by Gasteiger charge is 2.42. The van der Waals surface area contributed by atoms with Crippen LogP contribution < -0.4 is 0 Å². The van der Waals surface area contributed by atoms with E-state index in [1.165, 1.54) is 38.2 Å². The van der Waals surface area contributed by atoms with Gasteiger partial charge in [-0.15, -0.1) is 0 Å². The maximum atomic E-state index is 4.47. The molecular weight excluding hydrogens is 234 g/mol. The van der Waals surface area contributed by atoms with Gasteiger partial charge in [0.25, 0.3) is 0 Å². The SMILES string of the molecule is CC(C)CN1CC[C@@H]2[C@@H]1CCN2Cc1ccccn1. The molecule has 19 heavy (non-hydrogen) atoms. The standard InChI is InChI=1S/C16H25N3/c1-13(2)11-18-9-6-16-15(18)7-10-19(16)12-14-5-3-4-8-17-14/h3-5,8,13,15-16H,6-7,9-12H2,1-2H3/t15-,16+/m0/s1. The second-order valence-electron chi connectivity index (χ2n) is 6.39. The lowest BCUT2D eigenvalue weighted by atomic mass is 10.1. The number of likely N-dealkylation sites (tertiary alicyclic amines) is 2. The first kappa shape index (κ1) is 13.1. The molecule has 2 saturated heterocycles. The Morgan fingerprint density at radius 2 is 1.89 bits per heavy atom. The lowest BCUT2D eigenvalue weighted by Gasteiger charge is -2.26. The van der Waals surface area contributed by atoms with Gasteiger partial charge in [0.05, 0.1) is 5.69 Å². The molecule has 1 aromatic heterocycles. The quantitative estimate of drug-likeness (QED) is 0.827. The smallest absolute Gasteiger partial charge is 0.0544 e. The van der Waals surface area contributed by atoms with Gasteiger partial charge in [-0.3, -0.25) is 14.8 Å². The molecule has 0 aromatic carbocycles. The maximum absolute atomic E-state index is 4.47. The fraction of sp³-hybridized carbons (Fsp3) is 0.688. The molecule has 104 valence electrons. The number of hydrogen-bond donors (Lipinski definition) is 0. The summed E-state index contributed by atoms with van der Waals surface area (Å²) in [5.74, 6) is 0.781. The first-order valence-electron chi connectivity index (χ1n) is 7.62. The largest absolute Gasteiger partial charge is 0.298 e. The summed E-state index contributed by atoms with van der Waals surface area (Å²) in [7, 11) is 0. The molecule has 2 atom stereocenters.